The number of amides is 1. The lowest BCUT2D eigenvalue weighted by molar-refractivity contribution is -0.131. The Hall–Kier alpha value is -1.69. The predicted octanol–water partition coefficient (Wildman–Crippen LogP) is 9.42. The first kappa shape index (κ1) is 41.3. The van der Waals surface area contributed by atoms with Crippen LogP contribution in [-0.2, 0) is 4.79 Å². The summed E-state index contributed by atoms with van der Waals surface area (Å²) in [6.07, 6.45) is 41.2. The fraction of sp³-hybridized carbons (Fsp3) is 0.763. The standard InChI is InChI=1S/C38H69NO4/c1-3-5-7-9-11-13-15-17-19-21-22-24-26-28-30-32-36(41)35(34-40)39-38(43)37(42)33-31-29-27-25-23-20-18-16-14-12-10-8-6-4-2/h14-17,22,24,30,32,35-37,40-42H,3-13,18-21,23,25-29,31,33-34H2,1-2H3,(H,39,43)/b16-14-,17-15+,24-22+,32-30+. The fourth-order valence-electron chi connectivity index (χ4n) is 4.97. The van der Waals surface area contributed by atoms with Gasteiger partial charge in [-0.15, -0.1) is 0 Å². The Morgan fingerprint density at radius 1 is 0.558 bits per heavy atom. The molecule has 1 amide bonds. The summed E-state index contributed by atoms with van der Waals surface area (Å²) in [6.45, 7) is 4.10. The van der Waals surface area contributed by atoms with Crippen molar-refractivity contribution in [1.82, 2.24) is 5.32 Å². The van der Waals surface area contributed by atoms with E-state index in [-0.39, 0.29) is 6.61 Å². The summed E-state index contributed by atoms with van der Waals surface area (Å²) in [6, 6.07) is -0.822. The van der Waals surface area contributed by atoms with Gasteiger partial charge in [0.1, 0.15) is 6.10 Å². The maximum absolute atomic E-state index is 12.4. The molecule has 0 aromatic rings. The van der Waals surface area contributed by atoms with Gasteiger partial charge >= 0.3 is 0 Å². The topological polar surface area (TPSA) is 89.8 Å². The molecular weight excluding hydrogens is 534 g/mol. The van der Waals surface area contributed by atoms with Crippen LogP contribution in [0.2, 0.25) is 0 Å². The number of aliphatic hydroxyl groups excluding tert-OH is 3. The number of carbonyl (C=O) groups is 1. The molecule has 3 atom stereocenters. The molecule has 5 nitrogen and oxygen atoms in total. The Morgan fingerprint density at radius 2 is 0.953 bits per heavy atom. The molecule has 0 heterocycles. The van der Waals surface area contributed by atoms with Crippen LogP contribution in [0.15, 0.2) is 48.6 Å². The third kappa shape index (κ3) is 28.8. The number of nitrogens with one attached hydrogen (secondary N) is 1. The lowest BCUT2D eigenvalue weighted by atomic mass is 10.0. The van der Waals surface area contributed by atoms with E-state index in [1.807, 2.05) is 6.08 Å². The maximum Gasteiger partial charge on any atom is 0.249 e. The van der Waals surface area contributed by atoms with E-state index >= 15 is 0 Å². The zero-order valence-electron chi connectivity index (χ0n) is 28.1. The van der Waals surface area contributed by atoms with Crippen LogP contribution in [-0.4, -0.2) is 46.1 Å². The number of allylic oxidation sites excluding steroid dienone is 7. The molecule has 0 rings (SSSR count). The van der Waals surface area contributed by atoms with E-state index in [0.717, 1.165) is 51.4 Å². The Morgan fingerprint density at radius 3 is 1.44 bits per heavy atom. The van der Waals surface area contributed by atoms with Gasteiger partial charge in [0, 0.05) is 0 Å². The third-order valence-electron chi connectivity index (χ3n) is 7.87. The van der Waals surface area contributed by atoms with Crippen LogP contribution in [0.4, 0.5) is 0 Å². The number of unbranched alkanes of at least 4 members (excludes halogenated alkanes) is 17. The Balaban J connectivity index is 3.87. The van der Waals surface area contributed by atoms with Crippen molar-refractivity contribution in [1.29, 1.82) is 0 Å². The van der Waals surface area contributed by atoms with Crippen LogP contribution >= 0.6 is 0 Å². The highest BCUT2D eigenvalue weighted by atomic mass is 16.3. The molecule has 0 bridgehead atoms. The lowest BCUT2D eigenvalue weighted by Crippen LogP contribution is -2.48. The monoisotopic (exact) mass is 604 g/mol. The highest BCUT2D eigenvalue weighted by Crippen LogP contribution is 2.12. The van der Waals surface area contributed by atoms with Gasteiger partial charge < -0.3 is 20.6 Å². The molecule has 0 aliphatic rings. The number of rotatable bonds is 31. The van der Waals surface area contributed by atoms with Crippen molar-refractivity contribution in [2.75, 3.05) is 6.61 Å². The minimum Gasteiger partial charge on any atom is -0.394 e. The molecule has 43 heavy (non-hydrogen) atoms. The molecule has 3 unspecified atom stereocenters. The van der Waals surface area contributed by atoms with Gasteiger partial charge in [-0.05, 0) is 70.6 Å². The van der Waals surface area contributed by atoms with E-state index in [4.69, 9.17) is 0 Å². The van der Waals surface area contributed by atoms with Crippen LogP contribution < -0.4 is 5.32 Å². The van der Waals surface area contributed by atoms with Crippen molar-refractivity contribution in [3.63, 3.8) is 0 Å². The molecule has 0 spiro atoms. The van der Waals surface area contributed by atoms with Crippen LogP contribution in [0.1, 0.15) is 162 Å². The summed E-state index contributed by atoms with van der Waals surface area (Å²) in [5.41, 5.74) is 0. The SMILES string of the molecule is CCCCCC/C=C\CCCCCCCCC(O)C(=O)NC(CO)C(O)/C=C/CC/C=C/CC/C=C/CCCCCCC. The number of aliphatic hydroxyl groups is 3. The van der Waals surface area contributed by atoms with E-state index in [2.05, 4.69) is 55.6 Å². The smallest absolute Gasteiger partial charge is 0.249 e. The molecule has 0 saturated carbocycles. The van der Waals surface area contributed by atoms with E-state index in [9.17, 15) is 20.1 Å². The van der Waals surface area contributed by atoms with Gasteiger partial charge in [0.25, 0.3) is 0 Å². The van der Waals surface area contributed by atoms with E-state index in [1.165, 1.54) is 89.9 Å². The molecular formula is C38H69NO4. The molecule has 250 valence electrons. The van der Waals surface area contributed by atoms with E-state index < -0.39 is 24.2 Å². The highest BCUT2D eigenvalue weighted by Gasteiger charge is 2.22. The van der Waals surface area contributed by atoms with Crippen LogP contribution in [0, 0.1) is 0 Å². The second-order valence-electron chi connectivity index (χ2n) is 12.1. The molecule has 0 fully saturated rings. The zero-order chi connectivity index (χ0) is 31.6. The molecule has 0 aliphatic carbocycles. The van der Waals surface area contributed by atoms with E-state index in [1.54, 1.807) is 6.08 Å². The number of hydrogen-bond donors (Lipinski definition) is 4. The fourth-order valence-corrected chi connectivity index (χ4v) is 4.97. The lowest BCUT2D eigenvalue weighted by Gasteiger charge is -2.21. The summed E-state index contributed by atoms with van der Waals surface area (Å²) in [5, 5.41) is 32.9. The summed E-state index contributed by atoms with van der Waals surface area (Å²) in [7, 11) is 0. The van der Waals surface area contributed by atoms with Crippen LogP contribution in [0.3, 0.4) is 0 Å². The minimum atomic E-state index is -1.11. The molecule has 0 aliphatic heterocycles. The van der Waals surface area contributed by atoms with E-state index in [0.29, 0.717) is 6.42 Å². The van der Waals surface area contributed by atoms with Crippen molar-refractivity contribution in [2.45, 2.75) is 180 Å². The summed E-state index contributed by atoms with van der Waals surface area (Å²) in [5.74, 6) is -0.526. The first-order valence-corrected chi connectivity index (χ1v) is 18.0. The average Bonchev–Trinajstić information content (AvgIpc) is 3.01. The molecule has 4 N–H and O–H groups in total. The summed E-state index contributed by atoms with van der Waals surface area (Å²) >= 11 is 0. The van der Waals surface area contributed by atoms with Crippen molar-refractivity contribution in [3.05, 3.63) is 48.6 Å². The van der Waals surface area contributed by atoms with Crippen molar-refractivity contribution in [3.8, 4) is 0 Å². The minimum absolute atomic E-state index is 0.385. The maximum atomic E-state index is 12.4. The van der Waals surface area contributed by atoms with Crippen molar-refractivity contribution in [2.24, 2.45) is 0 Å². The van der Waals surface area contributed by atoms with Crippen LogP contribution in [0.25, 0.3) is 0 Å². The number of carbonyl (C=O) groups excluding carboxylic acids is 1. The average molecular weight is 604 g/mol. The van der Waals surface area contributed by atoms with Gasteiger partial charge in [-0.3, -0.25) is 4.79 Å². The predicted molar refractivity (Wildman–Crippen MR) is 185 cm³/mol. The van der Waals surface area contributed by atoms with Crippen LogP contribution in [0.5, 0.6) is 0 Å². The Bertz CT molecular complexity index is 715. The number of hydrogen-bond acceptors (Lipinski definition) is 4. The van der Waals surface area contributed by atoms with Gasteiger partial charge in [-0.2, -0.15) is 0 Å². The normalized spacial score (nSPS) is 14.4. The zero-order valence-corrected chi connectivity index (χ0v) is 28.1. The summed E-state index contributed by atoms with van der Waals surface area (Å²) < 4.78 is 0. The second-order valence-corrected chi connectivity index (χ2v) is 12.1. The highest BCUT2D eigenvalue weighted by molar-refractivity contribution is 5.80. The molecule has 0 aromatic heterocycles. The first-order valence-electron chi connectivity index (χ1n) is 18.0. The van der Waals surface area contributed by atoms with Gasteiger partial charge in [0.2, 0.25) is 5.91 Å². The molecule has 5 heteroatoms. The van der Waals surface area contributed by atoms with Crippen molar-refractivity contribution >= 4 is 5.91 Å². The first-order chi connectivity index (χ1) is 21.1. The van der Waals surface area contributed by atoms with Gasteiger partial charge in [0.15, 0.2) is 0 Å². The third-order valence-corrected chi connectivity index (χ3v) is 7.87. The molecule has 0 saturated heterocycles. The summed E-state index contributed by atoms with van der Waals surface area (Å²) in [4.78, 5) is 12.4. The molecule has 0 radical (unpaired) electrons. The van der Waals surface area contributed by atoms with Crippen molar-refractivity contribution < 1.29 is 20.1 Å². The van der Waals surface area contributed by atoms with Gasteiger partial charge in [-0.1, -0.05) is 140 Å². The Labute approximate surface area is 266 Å². The van der Waals surface area contributed by atoms with Gasteiger partial charge in [0.05, 0.1) is 18.8 Å². The Kier molecular flexibility index (Phi) is 31.9. The molecule has 0 aromatic carbocycles. The largest absolute Gasteiger partial charge is 0.394 e. The second kappa shape index (κ2) is 33.2. The van der Waals surface area contributed by atoms with Gasteiger partial charge in [-0.25, -0.2) is 0 Å². The quantitative estimate of drug-likeness (QED) is 0.0469.